The molecule has 0 spiro atoms. The van der Waals surface area contributed by atoms with E-state index in [9.17, 15) is 0 Å². The molecule has 0 saturated carbocycles. The van der Waals surface area contributed by atoms with E-state index in [1.54, 1.807) is 11.3 Å². The summed E-state index contributed by atoms with van der Waals surface area (Å²) in [5.74, 6) is 1.37. The molecule has 0 fully saturated rings. The average Bonchev–Trinajstić information content (AvgIpc) is 3.31. The molecule has 2 aromatic carbocycles. The molecular weight excluding hydrogens is 362 g/mol. The van der Waals surface area contributed by atoms with Crippen LogP contribution in [0.25, 0.3) is 0 Å². The van der Waals surface area contributed by atoms with Gasteiger partial charge < -0.3 is 4.42 Å². The first-order valence-electron chi connectivity index (χ1n) is 8.31. The van der Waals surface area contributed by atoms with E-state index >= 15 is 0 Å². The molecule has 4 nitrogen and oxygen atoms in total. The number of thiazole rings is 1. The van der Waals surface area contributed by atoms with E-state index in [-0.39, 0.29) is 0 Å². The van der Waals surface area contributed by atoms with E-state index in [2.05, 4.69) is 52.0 Å². The highest BCUT2D eigenvalue weighted by atomic mass is 32.2. The van der Waals surface area contributed by atoms with Crippen molar-refractivity contribution in [2.24, 2.45) is 0 Å². The van der Waals surface area contributed by atoms with Crippen molar-refractivity contribution in [3.8, 4) is 0 Å². The summed E-state index contributed by atoms with van der Waals surface area (Å²) in [5, 5.41) is 12.1. The second-order valence-electron chi connectivity index (χ2n) is 5.81. The lowest BCUT2D eigenvalue weighted by atomic mass is 10.2. The van der Waals surface area contributed by atoms with Crippen LogP contribution in [0.5, 0.6) is 0 Å². The lowest BCUT2D eigenvalue weighted by Crippen LogP contribution is -1.88. The predicted octanol–water partition coefficient (Wildman–Crippen LogP) is 5.00. The molecule has 26 heavy (non-hydrogen) atoms. The highest BCUT2D eigenvalue weighted by Crippen LogP contribution is 2.24. The summed E-state index contributed by atoms with van der Waals surface area (Å²) in [7, 11) is 0. The number of thioether (sulfide) groups is 1. The lowest BCUT2D eigenvalue weighted by molar-refractivity contribution is 0.420. The molecule has 2 heterocycles. The minimum absolute atomic E-state index is 0.591. The zero-order chi connectivity index (χ0) is 17.6. The summed E-state index contributed by atoms with van der Waals surface area (Å²) in [6, 6.07) is 20.5. The topological polar surface area (TPSA) is 51.8 Å². The first-order chi connectivity index (χ1) is 12.8. The van der Waals surface area contributed by atoms with E-state index in [0.717, 1.165) is 28.4 Å². The Balaban J connectivity index is 1.32. The Hall–Kier alpha value is -2.44. The highest BCUT2D eigenvalue weighted by Gasteiger charge is 2.10. The summed E-state index contributed by atoms with van der Waals surface area (Å²) in [5.41, 5.74) is 3.50. The van der Waals surface area contributed by atoms with Gasteiger partial charge in [-0.1, -0.05) is 72.4 Å². The van der Waals surface area contributed by atoms with Crippen molar-refractivity contribution in [3.63, 3.8) is 0 Å². The van der Waals surface area contributed by atoms with Crippen LogP contribution in [0.3, 0.4) is 0 Å². The number of hydrogen-bond acceptors (Lipinski definition) is 6. The molecule has 4 aromatic rings. The molecule has 130 valence electrons. The van der Waals surface area contributed by atoms with E-state index in [4.69, 9.17) is 9.40 Å². The second kappa shape index (κ2) is 8.29. The molecule has 6 heteroatoms. The van der Waals surface area contributed by atoms with Gasteiger partial charge >= 0.3 is 0 Å². The van der Waals surface area contributed by atoms with Gasteiger partial charge in [0.25, 0.3) is 5.22 Å². The van der Waals surface area contributed by atoms with Crippen molar-refractivity contribution in [3.05, 3.63) is 93.8 Å². The van der Waals surface area contributed by atoms with E-state index in [1.807, 2.05) is 24.3 Å². The van der Waals surface area contributed by atoms with E-state index < -0.39 is 0 Å². The third-order valence-corrected chi connectivity index (χ3v) is 5.54. The monoisotopic (exact) mass is 379 g/mol. The van der Waals surface area contributed by atoms with Crippen molar-refractivity contribution in [1.82, 2.24) is 15.2 Å². The minimum atomic E-state index is 0.591. The second-order valence-corrected chi connectivity index (χ2v) is 7.68. The van der Waals surface area contributed by atoms with Gasteiger partial charge in [-0.15, -0.1) is 21.5 Å². The fourth-order valence-corrected chi connectivity index (χ4v) is 4.15. The van der Waals surface area contributed by atoms with Crippen LogP contribution in [0, 0.1) is 0 Å². The molecular formula is C20H17N3OS2. The fourth-order valence-electron chi connectivity index (χ4n) is 2.54. The average molecular weight is 380 g/mol. The van der Waals surface area contributed by atoms with Crippen molar-refractivity contribution < 1.29 is 4.42 Å². The minimum Gasteiger partial charge on any atom is -0.416 e. The van der Waals surface area contributed by atoms with Gasteiger partial charge in [0.15, 0.2) is 0 Å². The number of aromatic nitrogens is 3. The van der Waals surface area contributed by atoms with E-state index in [0.29, 0.717) is 17.5 Å². The summed E-state index contributed by atoms with van der Waals surface area (Å²) < 4.78 is 5.73. The van der Waals surface area contributed by atoms with Crippen molar-refractivity contribution in [2.45, 2.75) is 23.8 Å². The van der Waals surface area contributed by atoms with Gasteiger partial charge in [-0.25, -0.2) is 4.98 Å². The van der Waals surface area contributed by atoms with Crippen LogP contribution in [0.2, 0.25) is 0 Å². The van der Waals surface area contributed by atoms with Crippen LogP contribution < -0.4 is 0 Å². The quantitative estimate of drug-likeness (QED) is 0.423. The number of nitrogens with zero attached hydrogens (tertiary/aromatic N) is 3. The molecule has 0 aliphatic heterocycles. The number of hydrogen-bond donors (Lipinski definition) is 0. The Bertz CT molecular complexity index is 872. The molecule has 0 amide bonds. The van der Waals surface area contributed by atoms with Gasteiger partial charge in [-0.3, -0.25) is 0 Å². The van der Waals surface area contributed by atoms with Crippen LogP contribution >= 0.6 is 23.1 Å². The van der Waals surface area contributed by atoms with Crippen LogP contribution in [0.15, 0.2) is 75.7 Å². The maximum Gasteiger partial charge on any atom is 0.276 e. The smallest absolute Gasteiger partial charge is 0.276 e. The molecule has 0 radical (unpaired) electrons. The van der Waals surface area contributed by atoms with Crippen molar-refractivity contribution >= 4 is 23.1 Å². The molecule has 0 N–H and O–H groups in total. The SMILES string of the molecule is c1ccc(Cc2nnc(SCc3csc(Cc4ccccc4)n3)o2)cc1. The van der Waals surface area contributed by atoms with Crippen LogP contribution in [-0.2, 0) is 18.6 Å². The first-order valence-corrected chi connectivity index (χ1v) is 10.2. The summed E-state index contributed by atoms with van der Waals surface area (Å²) >= 11 is 3.22. The van der Waals surface area contributed by atoms with Gasteiger partial charge in [0.2, 0.25) is 5.89 Å². The van der Waals surface area contributed by atoms with Crippen molar-refractivity contribution in [2.75, 3.05) is 0 Å². The molecule has 2 aromatic heterocycles. The Kier molecular flexibility index (Phi) is 5.42. The molecule has 0 bridgehead atoms. The Morgan fingerprint density at radius 2 is 1.54 bits per heavy atom. The molecule has 0 unspecified atom stereocenters. The molecule has 4 rings (SSSR count). The maximum atomic E-state index is 5.73. The molecule has 0 aliphatic carbocycles. The number of benzene rings is 2. The van der Waals surface area contributed by atoms with Gasteiger partial charge in [-0.2, -0.15) is 0 Å². The van der Waals surface area contributed by atoms with E-state index in [1.165, 1.54) is 17.3 Å². The first kappa shape index (κ1) is 17.0. The van der Waals surface area contributed by atoms with Crippen molar-refractivity contribution in [1.29, 1.82) is 0 Å². The number of rotatable bonds is 7. The van der Waals surface area contributed by atoms with Gasteiger partial charge in [-0.05, 0) is 11.1 Å². The summed E-state index contributed by atoms with van der Waals surface area (Å²) in [4.78, 5) is 4.70. The zero-order valence-corrected chi connectivity index (χ0v) is 15.7. The van der Waals surface area contributed by atoms with Crippen LogP contribution in [0.4, 0.5) is 0 Å². The fraction of sp³-hybridized carbons (Fsp3) is 0.150. The zero-order valence-electron chi connectivity index (χ0n) is 14.0. The largest absolute Gasteiger partial charge is 0.416 e. The normalized spacial score (nSPS) is 10.9. The van der Waals surface area contributed by atoms with Crippen LogP contribution in [0.1, 0.15) is 27.7 Å². The maximum absolute atomic E-state index is 5.73. The highest BCUT2D eigenvalue weighted by molar-refractivity contribution is 7.98. The van der Waals surface area contributed by atoms with Crippen LogP contribution in [-0.4, -0.2) is 15.2 Å². The van der Waals surface area contributed by atoms with Gasteiger partial charge in [0, 0.05) is 17.6 Å². The standard InChI is InChI=1S/C20H17N3OS2/c1-3-7-15(8-4-1)11-18-22-23-20(24-18)26-14-17-13-25-19(21-17)12-16-9-5-2-6-10-16/h1-10,13H,11-12,14H2. The molecule has 0 aliphatic rings. The molecule has 0 saturated heterocycles. The Morgan fingerprint density at radius 3 is 2.27 bits per heavy atom. The molecule has 0 atom stereocenters. The predicted molar refractivity (Wildman–Crippen MR) is 104 cm³/mol. The third kappa shape index (κ3) is 4.59. The Morgan fingerprint density at radius 1 is 0.846 bits per heavy atom. The Labute approximate surface area is 160 Å². The van der Waals surface area contributed by atoms with Gasteiger partial charge in [0.1, 0.15) is 0 Å². The summed E-state index contributed by atoms with van der Waals surface area (Å²) in [6.45, 7) is 0. The third-order valence-electron chi connectivity index (χ3n) is 3.79. The summed E-state index contributed by atoms with van der Waals surface area (Å²) in [6.07, 6.45) is 1.53. The van der Waals surface area contributed by atoms with Gasteiger partial charge in [0.05, 0.1) is 17.1 Å². The lowest BCUT2D eigenvalue weighted by Gasteiger charge is -1.96.